The SMILES string of the molecule is CC(C)NC(=O)c1ccc(NCC(=O)Nc2ccccc2F)cc1. The number of benzene rings is 2. The summed E-state index contributed by atoms with van der Waals surface area (Å²) in [6, 6.07) is 12.8. The van der Waals surface area contributed by atoms with Gasteiger partial charge in [0.2, 0.25) is 5.91 Å². The molecule has 0 atom stereocenters. The molecular weight excluding hydrogens is 309 g/mol. The second kappa shape index (κ2) is 8.10. The molecular formula is C18H20FN3O2. The fourth-order valence-corrected chi connectivity index (χ4v) is 2.02. The lowest BCUT2D eigenvalue weighted by atomic mass is 10.2. The molecule has 2 aromatic carbocycles. The largest absolute Gasteiger partial charge is 0.376 e. The Morgan fingerprint density at radius 2 is 1.71 bits per heavy atom. The second-order valence-electron chi connectivity index (χ2n) is 5.59. The summed E-state index contributed by atoms with van der Waals surface area (Å²) < 4.78 is 13.5. The molecule has 24 heavy (non-hydrogen) atoms. The van der Waals surface area contributed by atoms with Gasteiger partial charge in [-0.1, -0.05) is 12.1 Å². The van der Waals surface area contributed by atoms with Crippen molar-refractivity contribution in [3.05, 3.63) is 59.9 Å². The molecule has 0 saturated carbocycles. The Morgan fingerprint density at radius 3 is 2.33 bits per heavy atom. The molecule has 2 rings (SSSR count). The van der Waals surface area contributed by atoms with Crippen molar-refractivity contribution in [3.63, 3.8) is 0 Å². The maximum atomic E-state index is 13.5. The summed E-state index contributed by atoms with van der Waals surface area (Å²) in [6.45, 7) is 3.77. The van der Waals surface area contributed by atoms with Gasteiger partial charge in [0.15, 0.2) is 0 Å². The van der Waals surface area contributed by atoms with Crippen LogP contribution in [0.5, 0.6) is 0 Å². The van der Waals surface area contributed by atoms with Crippen molar-refractivity contribution in [1.29, 1.82) is 0 Å². The fraction of sp³-hybridized carbons (Fsp3) is 0.222. The molecule has 0 spiro atoms. The van der Waals surface area contributed by atoms with Crippen LogP contribution in [0, 0.1) is 5.82 Å². The zero-order valence-electron chi connectivity index (χ0n) is 13.6. The van der Waals surface area contributed by atoms with Crippen LogP contribution in [0.1, 0.15) is 24.2 Å². The van der Waals surface area contributed by atoms with Gasteiger partial charge in [-0.15, -0.1) is 0 Å². The van der Waals surface area contributed by atoms with Crippen molar-refractivity contribution in [2.45, 2.75) is 19.9 Å². The van der Waals surface area contributed by atoms with E-state index in [9.17, 15) is 14.0 Å². The predicted octanol–water partition coefficient (Wildman–Crippen LogP) is 3.01. The maximum Gasteiger partial charge on any atom is 0.251 e. The molecule has 0 fully saturated rings. The number of para-hydroxylation sites is 1. The van der Waals surface area contributed by atoms with Crippen molar-refractivity contribution in [1.82, 2.24) is 5.32 Å². The van der Waals surface area contributed by atoms with E-state index in [2.05, 4.69) is 16.0 Å². The number of amides is 2. The predicted molar refractivity (Wildman–Crippen MR) is 92.6 cm³/mol. The Labute approximate surface area is 140 Å². The van der Waals surface area contributed by atoms with Crippen molar-refractivity contribution in [3.8, 4) is 0 Å². The Morgan fingerprint density at radius 1 is 1.04 bits per heavy atom. The number of rotatable bonds is 6. The Balaban J connectivity index is 1.87. The molecule has 0 aliphatic heterocycles. The summed E-state index contributed by atoms with van der Waals surface area (Å²) in [5.74, 6) is -0.984. The highest BCUT2D eigenvalue weighted by molar-refractivity contribution is 5.95. The molecule has 0 bridgehead atoms. The summed E-state index contributed by atoms with van der Waals surface area (Å²) in [5, 5.41) is 8.22. The fourth-order valence-electron chi connectivity index (χ4n) is 2.02. The number of halogens is 1. The van der Waals surface area contributed by atoms with Gasteiger partial charge in [-0.05, 0) is 50.2 Å². The van der Waals surface area contributed by atoms with Gasteiger partial charge in [0.1, 0.15) is 5.82 Å². The first-order chi connectivity index (χ1) is 11.5. The number of anilines is 2. The van der Waals surface area contributed by atoms with Crippen LogP contribution in [0.4, 0.5) is 15.8 Å². The molecule has 0 heterocycles. The molecule has 0 aliphatic rings. The first kappa shape index (κ1) is 17.5. The summed E-state index contributed by atoms with van der Waals surface area (Å²) in [6.07, 6.45) is 0. The zero-order chi connectivity index (χ0) is 17.5. The normalized spacial score (nSPS) is 10.3. The molecule has 0 unspecified atom stereocenters. The van der Waals surface area contributed by atoms with E-state index in [1.165, 1.54) is 12.1 Å². The highest BCUT2D eigenvalue weighted by Crippen LogP contribution is 2.13. The van der Waals surface area contributed by atoms with Crippen LogP contribution in [-0.2, 0) is 4.79 Å². The highest BCUT2D eigenvalue weighted by Gasteiger charge is 2.08. The van der Waals surface area contributed by atoms with Crippen LogP contribution < -0.4 is 16.0 Å². The minimum atomic E-state index is -0.480. The molecule has 2 amide bonds. The van der Waals surface area contributed by atoms with Gasteiger partial charge in [-0.2, -0.15) is 0 Å². The number of hydrogen-bond acceptors (Lipinski definition) is 3. The smallest absolute Gasteiger partial charge is 0.251 e. The van der Waals surface area contributed by atoms with Crippen molar-refractivity contribution >= 4 is 23.2 Å². The van der Waals surface area contributed by atoms with Crippen molar-refractivity contribution < 1.29 is 14.0 Å². The molecule has 0 radical (unpaired) electrons. The van der Waals surface area contributed by atoms with Crippen molar-refractivity contribution in [2.24, 2.45) is 0 Å². The van der Waals surface area contributed by atoms with E-state index < -0.39 is 5.82 Å². The van der Waals surface area contributed by atoms with E-state index in [0.29, 0.717) is 11.3 Å². The monoisotopic (exact) mass is 329 g/mol. The van der Waals surface area contributed by atoms with E-state index in [1.807, 2.05) is 13.8 Å². The lowest BCUT2D eigenvalue weighted by Crippen LogP contribution is -2.30. The molecule has 0 saturated heterocycles. The number of nitrogens with one attached hydrogen (secondary N) is 3. The van der Waals surface area contributed by atoms with Gasteiger partial charge in [0.25, 0.3) is 5.91 Å². The first-order valence-corrected chi connectivity index (χ1v) is 7.65. The first-order valence-electron chi connectivity index (χ1n) is 7.65. The highest BCUT2D eigenvalue weighted by atomic mass is 19.1. The molecule has 126 valence electrons. The number of hydrogen-bond donors (Lipinski definition) is 3. The number of carbonyl (C=O) groups excluding carboxylic acids is 2. The van der Waals surface area contributed by atoms with Gasteiger partial charge in [-0.25, -0.2) is 4.39 Å². The standard InChI is InChI=1S/C18H20FN3O2/c1-12(2)21-18(24)13-7-9-14(10-8-13)20-11-17(23)22-16-6-4-3-5-15(16)19/h3-10,12,20H,11H2,1-2H3,(H,21,24)(H,22,23). The molecule has 2 aromatic rings. The quantitative estimate of drug-likeness (QED) is 0.763. The summed E-state index contributed by atoms with van der Waals surface area (Å²) in [7, 11) is 0. The third-order valence-corrected chi connectivity index (χ3v) is 3.17. The second-order valence-corrected chi connectivity index (χ2v) is 5.59. The van der Waals surface area contributed by atoms with Gasteiger partial charge in [-0.3, -0.25) is 9.59 Å². The van der Waals surface area contributed by atoms with E-state index in [1.54, 1.807) is 36.4 Å². The van der Waals surface area contributed by atoms with Crippen LogP contribution in [0.2, 0.25) is 0 Å². The minimum absolute atomic E-state index is 0.00806. The van der Waals surface area contributed by atoms with Crippen LogP contribution in [0.25, 0.3) is 0 Å². The molecule has 0 aromatic heterocycles. The van der Waals surface area contributed by atoms with Gasteiger partial charge < -0.3 is 16.0 Å². The average Bonchev–Trinajstić information content (AvgIpc) is 2.55. The molecule has 6 heteroatoms. The van der Waals surface area contributed by atoms with E-state index in [-0.39, 0.29) is 30.1 Å². The summed E-state index contributed by atoms with van der Waals surface area (Å²) in [4.78, 5) is 23.7. The Bertz CT molecular complexity index is 714. The van der Waals surface area contributed by atoms with Crippen LogP contribution in [-0.4, -0.2) is 24.4 Å². The third-order valence-electron chi connectivity index (χ3n) is 3.17. The minimum Gasteiger partial charge on any atom is -0.376 e. The van der Waals surface area contributed by atoms with E-state index in [4.69, 9.17) is 0 Å². The van der Waals surface area contributed by atoms with E-state index >= 15 is 0 Å². The Hall–Kier alpha value is -2.89. The summed E-state index contributed by atoms with van der Waals surface area (Å²) >= 11 is 0. The Kier molecular flexibility index (Phi) is 5.89. The van der Waals surface area contributed by atoms with Crippen LogP contribution in [0.15, 0.2) is 48.5 Å². The third kappa shape index (κ3) is 5.08. The van der Waals surface area contributed by atoms with Crippen LogP contribution in [0.3, 0.4) is 0 Å². The van der Waals surface area contributed by atoms with Crippen LogP contribution >= 0.6 is 0 Å². The zero-order valence-corrected chi connectivity index (χ0v) is 13.6. The maximum absolute atomic E-state index is 13.5. The molecule has 5 nitrogen and oxygen atoms in total. The average molecular weight is 329 g/mol. The topological polar surface area (TPSA) is 70.2 Å². The van der Waals surface area contributed by atoms with Crippen molar-refractivity contribution in [2.75, 3.05) is 17.2 Å². The lowest BCUT2D eigenvalue weighted by Gasteiger charge is -2.10. The lowest BCUT2D eigenvalue weighted by molar-refractivity contribution is -0.114. The van der Waals surface area contributed by atoms with Gasteiger partial charge >= 0.3 is 0 Å². The number of carbonyl (C=O) groups is 2. The van der Waals surface area contributed by atoms with E-state index in [0.717, 1.165) is 0 Å². The van der Waals surface area contributed by atoms with Gasteiger partial charge in [0, 0.05) is 17.3 Å². The molecule has 3 N–H and O–H groups in total. The summed E-state index contributed by atoms with van der Waals surface area (Å²) in [5.41, 5.74) is 1.38. The molecule has 0 aliphatic carbocycles. The van der Waals surface area contributed by atoms with Gasteiger partial charge in [0.05, 0.1) is 12.2 Å².